The molecule has 0 saturated heterocycles. The summed E-state index contributed by atoms with van der Waals surface area (Å²) in [5.74, 6) is -0.339. The van der Waals surface area contributed by atoms with E-state index in [9.17, 15) is 4.79 Å². The topological polar surface area (TPSA) is 26.3 Å². The lowest BCUT2D eigenvalue weighted by Crippen LogP contribution is -2.26. The van der Waals surface area contributed by atoms with Crippen molar-refractivity contribution in [1.82, 2.24) is 0 Å². The number of halogens is 1. The van der Waals surface area contributed by atoms with Crippen molar-refractivity contribution in [1.29, 1.82) is 0 Å². The third-order valence-corrected chi connectivity index (χ3v) is 2.82. The van der Waals surface area contributed by atoms with Crippen LogP contribution < -0.4 is 0 Å². The Bertz CT molecular complexity index is 244. The minimum absolute atomic E-state index is 0.339. The molecule has 0 unspecified atom stereocenters. The second-order valence-corrected chi connectivity index (χ2v) is 5.07. The number of carbonyl (C=O) groups is 1. The highest BCUT2D eigenvalue weighted by Crippen LogP contribution is 2.17. The molecule has 0 aromatic carbocycles. The molecule has 0 aliphatic heterocycles. The molecule has 16 heavy (non-hydrogen) atoms. The summed E-state index contributed by atoms with van der Waals surface area (Å²) in [5.41, 5.74) is -0.409. The molecule has 0 aliphatic rings. The maximum atomic E-state index is 11.5. The molecule has 2 nitrogen and oxygen atoms in total. The van der Waals surface area contributed by atoms with Crippen LogP contribution in [0.3, 0.4) is 0 Å². The minimum atomic E-state index is -0.409. The summed E-state index contributed by atoms with van der Waals surface area (Å²) < 4.78 is 5.26. The van der Waals surface area contributed by atoms with Gasteiger partial charge in [-0.15, -0.1) is 0 Å². The fraction of sp³-hybridized carbons (Fsp3) is 0.769. The zero-order chi connectivity index (χ0) is 12.6. The average molecular weight is 247 g/mol. The summed E-state index contributed by atoms with van der Waals surface area (Å²) in [6.45, 7) is 7.91. The first kappa shape index (κ1) is 15.5. The SMILES string of the molecule is CCCCC/C(Cl)=C/C(=O)OC(C)(C)CC. The zero-order valence-corrected chi connectivity index (χ0v) is 11.6. The van der Waals surface area contributed by atoms with E-state index in [0.717, 1.165) is 32.1 Å². The Labute approximate surface area is 104 Å². The average Bonchev–Trinajstić information content (AvgIpc) is 2.17. The normalized spacial score (nSPS) is 12.7. The number of allylic oxidation sites excluding steroid dienone is 1. The molecule has 0 fully saturated rings. The van der Waals surface area contributed by atoms with Gasteiger partial charge in [0.2, 0.25) is 0 Å². The van der Waals surface area contributed by atoms with Gasteiger partial charge in [0.1, 0.15) is 5.60 Å². The molecule has 0 aromatic rings. The fourth-order valence-electron chi connectivity index (χ4n) is 1.12. The van der Waals surface area contributed by atoms with E-state index >= 15 is 0 Å². The van der Waals surface area contributed by atoms with Crippen molar-refractivity contribution in [3.8, 4) is 0 Å². The molecule has 0 saturated carbocycles. The molecule has 0 N–H and O–H groups in total. The van der Waals surface area contributed by atoms with Gasteiger partial charge in [0, 0.05) is 11.1 Å². The summed E-state index contributed by atoms with van der Waals surface area (Å²) in [6.07, 6.45) is 6.26. The Hall–Kier alpha value is -0.500. The second-order valence-electron chi connectivity index (χ2n) is 4.58. The van der Waals surface area contributed by atoms with Gasteiger partial charge in [-0.05, 0) is 33.1 Å². The summed E-state index contributed by atoms with van der Waals surface area (Å²) in [5, 5.41) is 0.588. The number of unbranched alkanes of at least 4 members (excludes halogenated alkanes) is 2. The van der Waals surface area contributed by atoms with Gasteiger partial charge in [-0.3, -0.25) is 0 Å². The first-order valence-electron chi connectivity index (χ1n) is 6.00. The molecule has 0 atom stereocenters. The smallest absolute Gasteiger partial charge is 0.332 e. The van der Waals surface area contributed by atoms with Gasteiger partial charge < -0.3 is 4.74 Å². The van der Waals surface area contributed by atoms with Gasteiger partial charge in [-0.2, -0.15) is 0 Å². The van der Waals surface area contributed by atoms with Crippen LogP contribution in [0.4, 0.5) is 0 Å². The van der Waals surface area contributed by atoms with E-state index in [4.69, 9.17) is 16.3 Å². The Morgan fingerprint density at radius 1 is 1.31 bits per heavy atom. The van der Waals surface area contributed by atoms with Gasteiger partial charge in [0.25, 0.3) is 0 Å². The number of rotatable bonds is 7. The molecule has 0 aliphatic carbocycles. The highest BCUT2D eigenvalue weighted by molar-refractivity contribution is 6.30. The maximum Gasteiger partial charge on any atom is 0.332 e. The largest absolute Gasteiger partial charge is 0.456 e. The lowest BCUT2D eigenvalue weighted by Gasteiger charge is -2.22. The molecule has 0 radical (unpaired) electrons. The first-order valence-corrected chi connectivity index (χ1v) is 6.38. The van der Waals surface area contributed by atoms with E-state index in [1.54, 1.807) is 0 Å². The van der Waals surface area contributed by atoms with Crippen molar-refractivity contribution in [2.75, 3.05) is 0 Å². The van der Waals surface area contributed by atoms with Crippen LogP contribution in [0.25, 0.3) is 0 Å². The standard InChI is InChI=1S/C13H23ClO2/c1-5-7-8-9-11(14)10-12(15)16-13(3,4)6-2/h10H,5-9H2,1-4H3/b11-10-. The van der Waals surface area contributed by atoms with Crippen LogP contribution in [0, 0.1) is 0 Å². The van der Waals surface area contributed by atoms with Crippen molar-refractivity contribution in [2.45, 2.75) is 65.4 Å². The minimum Gasteiger partial charge on any atom is -0.456 e. The number of hydrogen-bond donors (Lipinski definition) is 0. The van der Waals surface area contributed by atoms with E-state index < -0.39 is 5.60 Å². The number of ether oxygens (including phenoxy) is 1. The van der Waals surface area contributed by atoms with Crippen LogP contribution in [0.5, 0.6) is 0 Å². The van der Waals surface area contributed by atoms with Gasteiger partial charge in [0.05, 0.1) is 0 Å². The van der Waals surface area contributed by atoms with Gasteiger partial charge in [-0.25, -0.2) is 4.79 Å². The van der Waals surface area contributed by atoms with Gasteiger partial charge in [-0.1, -0.05) is 38.3 Å². The lowest BCUT2D eigenvalue weighted by molar-refractivity contribution is -0.150. The maximum absolute atomic E-state index is 11.5. The van der Waals surface area contributed by atoms with Crippen molar-refractivity contribution in [3.05, 3.63) is 11.1 Å². The summed E-state index contributed by atoms with van der Waals surface area (Å²) in [6, 6.07) is 0. The van der Waals surface area contributed by atoms with Crippen LogP contribution in [-0.2, 0) is 9.53 Å². The molecule has 0 spiro atoms. The number of esters is 1. The van der Waals surface area contributed by atoms with Crippen molar-refractivity contribution >= 4 is 17.6 Å². The van der Waals surface area contributed by atoms with Gasteiger partial charge in [0.15, 0.2) is 0 Å². The van der Waals surface area contributed by atoms with Gasteiger partial charge >= 0.3 is 5.97 Å². The highest BCUT2D eigenvalue weighted by atomic mass is 35.5. The summed E-state index contributed by atoms with van der Waals surface area (Å²) in [7, 11) is 0. The predicted molar refractivity (Wildman–Crippen MR) is 68.5 cm³/mol. The van der Waals surface area contributed by atoms with E-state index in [2.05, 4.69) is 6.92 Å². The second kappa shape index (κ2) is 7.72. The number of carbonyl (C=O) groups excluding carboxylic acids is 1. The molecule has 0 heterocycles. The van der Waals surface area contributed by atoms with Crippen LogP contribution >= 0.6 is 11.6 Å². The summed E-state index contributed by atoms with van der Waals surface area (Å²) >= 11 is 5.94. The predicted octanol–water partition coefficient (Wildman–Crippen LogP) is 4.42. The Kier molecular flexibility index (Phi) is 7.48. The van der Waals surface area contributed by atoms with E-state index in [-0.39, 0.29) is 5.97 Å². The molecule has 94 valence electrons. The Morgan fingerprint density at radius 2 is 1.94 bits per heavy atom. The lowest BCUT2D eigenvalue weighted by atomic mass is 10.1. The Balaban J connectivity index is 4.05. The highest BCUT2D eigenvalue weighted by Gasteiger charge is 2.19. The molecule has 0 rings (SSSR count). The molecule has 0 amide bonds. The van der Waals surface area contributed by atoms with Crippen molar-refractivity contribution < 1.29 is 9.53 Å². The summed E-state index contributed by atoms with van der Waals surface area (Å²) in [4.78, 5) is 11.5. The van der Waals surface area contributed by atoms with Crippen LogP contribution in [-0.4, -0.2) is 11.6 Å². The van der Waals surface area contributed by atoms with E-state index in [0.29, 0.717) is 5.03 Å². The Morgan fingerprint density at radius 3 is 2.44 bits per heavy atom. The molecule has 0 bridgehead atoms. The van der Waals surface area contributed by atoms with Crippen LogP contribution in [0.1, 0.15) is 59.8 Å². The zero-order valence-electron chi connectivity index (χ0n) is 10.8. The molecule has 0 aromatic heterocycles. The third-order valence-electron chi connectivity index (χ3n) is 2.52. The van der Waals surface area contributed by atoms with Crippen molar-refractivity contribution in [2.24, 2.45) is 0 Å². The molecule has 3 heteroatoms. The molecular weight excluding hydrogens is 224 g/mol. The monoisotopic (exact) mass is 246 g/mol. The third kappa shape index (κ3) is 7.75. The van der Waals surface area contributed by atoms with E-state index in [1.807, 2.05) is 20.8 Å². The first-order chi connectivity index (χ1) is 7.41. The van der Waals surface area contributed by atoms with Crippen molar-refractivity contribution in [3.63, 3.8) is 0 Å². The fourth-order valence-corrected chi connectivity index (χ4v) is 1.34. The van der Waals surface area contributed by atoms with E-state index in [1.165, 1.54) is 6.08 Å². The molecular formula is C13H23ClO2. The van der Waals surface area contributed by atoms with Crippen LogP contribution in [0.15, 0.2) is 11.1 Å². The number of hydrogen-bond acceptors (Lipinski definition) is 2. The quantitative estimate of drug-likeness (QED) is 0.378. The van der Waals surface area contributed by atoms with Crippen LogP contribution in [0.2, 0.25) is 0 Å².